The van der Waals surface area contributed by atoms with Gasteiger partial charge in [-0.05, 0) is 30.7 Å². The van der Waals surface area contributed by atoms with E-state index in [-0.39, 0.29) is 5.97 Å². The fourth-order valence-corrected chi connectivity index (χ4v) is 2.62. The molecule has 0 saturated carbocycles. The second-order valence-corrected chi connectivity index (χ2v) is 5.10. The molecule has 0 aliphatic heterocycles. The normalized spacial score (nSPS) is 10.8. The smallest absolute Gasteiger partial charge is 0.354 e. The van der Waals surface area contributed by atoms with Gasteiger partial charge in [0.15, 0.2) is 0 Å². The molecular formula is C18H18N2O2. The monoisotopic (exact) mass is 294 g/mol. The Labute approximate surface area is 129 Å². The number of nitrogens with two attached hydrogens (primary N) is 1. The number of nitrogen functional groups attached to an aromatic ring is 1. The number of carbonyl (C=O) groups is 1. The Balaban J connectivity index is 2.14. The van der Waals surface area contributed by atoms with Gasteiger partial charge < -0.3 is 15.0 Å². The minimum absolute atomic E-state index is 0.325. The van der Waals surface area contributed by atoms with Gasteiger partial charge in [0, 0.05) is 17.6 Å². The fourth-order valence-electron chi connectivity index (χ4n) is 2.62. The highest BCUT2D eigenvalue weighted by Gasteiger charge is 2.17. The Kier molecular flexibility index (Phi) is 3.83. The van der Waals surface area contributed by atoms with E-state index in [0.29, 0.717) is 24.5 Å². The molecule has 0 saturated heterocycles. The third kappa shape index (κ3) is 2.55. The molecule has 3 rings (SSSR count). The molecule has 0 bridgehead atoms. The summed E-state index contributed by atoms with van der Waals surface area (Å²) in [5.74, 6) is -0.325. The van der Waals surface area contributed by atoms with Crippen molar-refractivity contribution in [2.45, 2.75) is 13.5 Å². The van der Waals surface area contributed by atoms with Crippen molar-refractivity contribution in [2.24, 2.45) is 0 Å². The molecule has 0 fully saturated rings. The Morgan fingerprint density at radius 3 is 2.64 bits per heavy atom. The molecule has 1 aromatic heterocycles. The maximum atomic E-state index is 12.3. The van der Waals surface area contributed by atoms with Crippen LogP contribution in [0, 0.1) is 0 Å². The van der Waals surface area contributed by atoms with Gasteiger partial charge in [-0.15, -0.1) is 0 Å². The maximum Gasteiger partial charge on any atom is 0.354 e. The largest absolute Gasteiger partial charge is 0.461 e. The molecule has 3 aromatic rings. The van der Waals surface area contributed by atoms with E-state index in [1.54, 1.807) is 6.92 Å². The summed E-state index contributed by atoms with van der Waals surface area (Å²) in [6.45, 7) is 2.75. The molecule has 2 aromatic carbocycles. The van der Waals surface area contributed by atoms with E-state index in [1.807, 2.05) is 59.2 Å². The van der Waals surface area contributed by atoms with Crippen molar-refractivity contribution >= 4 is 22.6 Å². The summed E-state index contributed by atoms with van der Waals surface area (Å²) in [5.41, 5.74) is 9.28. The highest BCUT2D eigenvalue weighted by atomic mass is 16.5. The second-order valence-electron chi connectivity index (χ2n) is 5.10. The summed E-state index contributed by atoms with van der Waals surface area (Å²) < 4.78 is 7.13. The fraction of sp³-hybridized carbons (Fsp3) is 0.167. The maximum absolute atomic E-state index is 12.3. The van der Waals surface area contributed by atoms with Crippen molar-refractivity contribution in [1.29, 1.82) is 0 Å². The van der Waals surface area contributed by atoms with Gasteiger partial charge in [-0.3, -0.25) is 0 Å². The summed E-state index contributed by atoms with van der Waals surface area (Å²) in [7, 11) is 0. The van der Waals surface area contributed by atoms with Crippen LogP contribution >= 0.6 is 0 Å². The predicted molar refractivity (Wildman–Crippen MR) is 87.9 cm³/mol. The van der Waals surface area contributed by atoms with Gasteiger partial charge in [0.1, 0.15) is 5.69 Å². The Morgan fingerprint density at radius 1 is 1.14 bits per heavy atom. The lowest BCUT2D eigenvalue weighted by Crippen LogP contribution is -2.12. The average molecular weight is 294 g/mol. The topological polar surface area (TPSA) is 57.2 Å². The number of hydrogen-bond acceptors (Lipinski definition) is 3. The predicted octanol–water partition coefficient (Wildman–Crippen LogP) is 3.45. The second kappa shape index (κ2) is 5.93. The molecule has 2 N–H and O–H groups in total. The standard InChI is InChI=1S/C18H18N2O2/c1-2-22-18(21)17-11-14-15(19)9-6-10-16(14)20(17)12-13-7-4-3-5-8-13/h3-11H,2,12,19H2,1H3. The number of fused-ring (bicyclic) bond motifs is 1. The molecule has 0 aliphatic carbocycles. The first-order valence-corrected chi connectivity index (χ1v) is 7.29. The molecule has 1 heterocycles. The lowest BCUT2D eigenvalue weighted by molar-refractivity contribution is 0.0515. The van der Waals surface area contributed by atoms with Crippen molar-refractivity contribution in [1.82, 2.24) is 4.57 Å². The number of carbonyl (C=O) groups excluding carboxylic acids is 1. The zero-order valence-corrected chi connectivity index (χ0v) is 12.5. The van der Waals surface area contributed by atoms with E-state index in [0.717, 1.165) is 16.5 Å². The van der Waals surface area contributed by atoms with Crippen LogP contribution in [0.1, 0.15) is 23.0 Å². The van der Waals surface area contributed by atoms with Crippen LogP contribution in [0.4, 0.5) is 5.69 Å². The summed E-state index contributed by atoms with van der Waals surface area (Å²) in [5, 5.41) is 0.876. The van der Waals surface area contributed by atoms with Crippen molar-refractivity contribution in [3.05, 3.63) is 65.9 Å². The van der Waals surface area contributed by atoms with E-state index >= 15 is 0 Å². The van der Waals surface area contributed by atoms with E-state index in [1.165, 1.54) is 0 Å². The Bertz CT molecular complexity index is 807. The Morgan fingerprint density at radius 2 is 1.91 bits per heavy atom. The lowest BCUT2D eigenvalue weighted by atomic mass is 10.2. The molecule has 4 nitrogen and oxygen atoms in total. The number of esters is 1. The van der Waals surface area contributed by atoms with Crippen LogP contribution in [0.3, 0.4) is 0 Å². The minimum atomic E-state index is -0.325. The van der Waals surface area contributed by atoms with Crippen molar-refractivity contribution < 1.29 is 9.53 Å². The number of anilines is 1. The van der Waals surface area contributed by atoms with E-state index < -0.39 is 0 Å². The molecule has 0 amide bonds. The third-order valence-corrected chi connectivity index (χ3v) is 3.65. The van der Waals surface area contributed by atoms with Crippen molar-refractivity contribution in [3.8, 4) is 0 Å². The first kappa shape index (κ1) is 14.2. The van der Waals surface area contributed by atoms with Gasteiger partial charge in [-0.1, -0.05) is 36.4 Å². The van der Waals surface area contributed by atoms with Gasteiger partial charge in [-0.2, -0.15) is 0 Å². The van der Waals surface area contributed by atoms with Crippen molar-refractivity contribution in [2.75, 3.05) is 12.3 Å². The van der Waals surface area contributed by atoms with E-state index in [4.69, 9.17) is 10.5 Å². The highest BCUT2D eigenvalue weighted by molar-refractivity contribution is 6.00. The van der Waals surface area contributed by atoms with Gasteiger partial charge in [-0.25, -0.2) is 4.79 Å². The Hall–Kier alpha value is -2.75. The number of ether oxygens (including phenoxy) is 1. The van der Waals surface area contributed by atoms with Crippen LogP contribution in [0.25, 0.3) is 10.9 Å². The molecule has 0 atom stereocenters. The molecule has 0 spiro atoms. The van der Waals surface area contributed by atoms with Crippen LogP contribution < -0.4 is 5.73 Å². The van der Waals surface area contributed by atoms with Crippen molar-refractivity contribution in [3.63, 3.8) is 0 Å². The number of nitrogens with zero attached hydrogens (tertiary/aromatic N) is 1. The number of rotatable bonds is 4. The van der Waals surface area contributed by atoms with Crippen LogP contribution in [-0.2, 0) is 11.3 Å². The summed E-state index contributed by atoms with van der Waals surface area (Å²) >= 11 is 0. The third-order valence-electron chi connectivity index (χ3n) is 3.65. The van der Waals surface area contributed by atoms with E-state index in [9.17, 15) is 4.79 Å². The van der Waals surface area contributed by atoms with Crippen LogP contribution in [0.2, 0.25) is 0 Å². The molecule has 0 unspecified atom stereocenters. The molecule has 4 heteroatoms. The van der Waals surface area contributed by atoms with Gasteiger partial charge in [0.2, 0.25) is 0 Å². The first-order chi connectivity index (χ1) is 10.7. The van der Waals surface area contributed by atoms with Gasteiger partial charge in [0.05, 0.1) is 12.1 Å². The molecule has 0 aliphatic rings. The summed E-state index contributed by atoms with van der Waals surface area (Å²) in [6, 6.07) is 17.5. The lowest BCUT2D eigenvalue weighted by Gasteiger charge is -2.10. The minimum Gasteiger partial charge on any atom is -0.461 e. The van der Waals surface area contributed by atoms with Crippen LogP contribution in [0.15, 0.2) is 54.6 Å². The zero-order chi connectivity index (χ0) is 15.5. The van der Waals surface area contributed by atoms with Gasteiger partial charge >= 0.3 is 5.97 Å². The van der Waals surface area contributed by atoms with Crippen LogP contribution in [0.5, 0.6) is 0 Å². The van der Waals surface area contributed by atoms with Gasteiger partial charge in [0.25, 0.3) is 0 Å². The highest BCUT2D eigenvalue weighted by Crippen LogP contribution is 2.26. The van der Waals surface area contributed by atoms with E-state index in [2.05, 4.69) is 0 Å². The molecular weight excluding hydrogens is 276 g/mol. The SMILES string of the molecule is CCOC(=O)c1cc2c(N)cccc2n1Cc1ccccc1. The first-order valence-electron chi connectivity index (χ1n) is 7.29. The summed E-state index contributed by atoms with van der Waals surface area (Å²) in [6.07, 6.45) is 0. The molecule has 22 heavy (non-hydrogen) atoms. The average Bonchev–Trinajstić information content (AvgIpc) is 2.89. The number of hydrogen-bond donors (Lipinski definition) is 1. The number of aromatic nitrogens is 1. The quantitative estimate of drug-likeness (QED) is 0.592. The summed E-state index contributed by atoms with van der Waals surface area (Å²) in [4.78, 5) is 12.3. The number of benzene rings is 2. The molecule has 0 radical (unpaired) electrons. The van der Waals surface area contributed by atoms with Crippen LogP contribution in [-0.4, -0.2) is 17.1 Å². The molecule has 112 valence electrons. The zero-order valence-electron chi connectivity index (χ0n) is 12.5.